The number of thiophene rings is 1. The largest absolute Gasteiger partial charge is 0.337 e. The van der Waals surface area contributed by atoms with Crippen LogP contribution in [-0.4, -0.2) is 17.9 Å². The molecule has 0 N–H and O–H groups in total. The van der Waals surface area contributed by atoms with Gasteiger partial charge in [0.05, 0.1) is 11.6 Å². The van der Waals surface area contributed by atoms with E-state index in [1.54, 1.807) is 34.4 Å². The first-order valence-corrected chi connectivity index (χ1v) is 7.77. The number of carbonyl (C=O) groups excluding carboxylic acids is 1. The number of hydrogen-bond donors (Lipinski definition) is 0. The van der Waals surface area contributed by atoms with Crippen molar-refractivity contribution in [2.45, 2.75) is 13.5 Å². The van der Waals surface area contributed by atoms with Crippen molar-refractivity contribution in [3.8, 4) is 0 Å². The van der Waals surface area contributed by atoms with E-state index in [1.165, 1.54) is 10.4 Å². The minimum Gasteiger partial charge on any atom is -0.337 e. The van der Waals surface area contributed by atoms with E-state index in [-0.39, 0.29) is 5.91 Å². The van der Waals surface area contributed by atoms with E-state index in [4.69, 9.17) is 11.6 Å². The number of hydrogen-bond acceptors (Lipinski definition) is 2. The fourth-order valence-corrected chi connectivity index (χ4v) is 3.16. The summed E-state index contributed by atoms with van der Waals surface area (Å²) in [7, 11) is 1.81. The Morgan fingerprint density at radius 1 is 1.42 bits per heavy atom. The maximum Gasteiger partial charge on any atom is 0.253 e. The van der Waals surface area contributed by atoms with E-state index in [1.807, 2.05) is 12.4 Å². The molecule has 2 rings (SSSR count). The zero-order chi connectivity index (χ0) is 14.0. The molecule has 0 radical (unpaired) electrons. The predicted octanol–water partition coefficient (Wildman–Crippen LogP) is 4.74. The molecule has 100 valence electrons. The Morgan fingerprint density at radius 3 is 2.74 bits per heavy atom. The smallest absolute Gasteiger partial charge is 0.253 e. The number of nitrogens with zero attached hydrogens (tertiary/aromatic N) is 1. The SMILES string of the molecule is Cc1ccsc1CN(C)C(=O)c1ccc(Cl)c(Br)c1. The van der Waals surface area contributed by atoms with Crippen molar-refractivity contribution in [3.63, 3.8) is 0 Å². The molecule has 0 saturated carbocycles. The van der Waals surface area contributed by atoms with Gasteiger partial charge in [-0.25, -0.2) is 0 Å². The van der Waals surface area contributed by atoms with E-state index in [0.29, 0.717) is 17.1 Å². The topological polar surface area (TPSA) is 20.3 Å². The lowest BCUT2D eigenvalue weighted by atomic mass is 10.2. The van der Waals surface area contributed by atoms with Crippen molar-refractivity contribution in [3.05, 3.63) is 55.1 Å². The van der Waals surface area contributed by atoms with Gasteiger partial charge in [-0.3, -0.25) is 4.79 Å². The molecule has 0 bridgehead atoms. The van der Waals surface area contributed by atoms with Crippen molar-refractivity contribution in [1.82, 2.24) is 4.90 Å². The zero-order valence-electron chi connectivity index (χ0n) is 10.6. The molecule has 0 spiro atoms. The lowest BCUT2D eigenvalue weighted by molar-refractivity contribution is 0.0786. The van der Waals surface area contributed by atoms with Gasteiger partial charge in [-0.05, 0) is 58.1 Å². The summed E-state index contributed by atoms with van der Waals surface area (Å²) in [6, 6.07) is 7.29. The van der Waals surface area contributed by atoms with Crippen LogP contribution in [0, 0.1) is 6.92 Å². The van der Waals surface area contributed by atoms with Gasteiger partial charge in [-0.15, -0.1) is 11.3 Å². The maximum atomic E-state index is 12.3. The zero-order valence-corrected chi connectivity index (χ0v) is 13.8. The summed E-state index contributed by atoms with van der Waals surface area (Å²) in [5.41, 5.74) is 1.86. The highest BCUT2D eigenvalue weighted by molar-refractivity contribution is 9.10. The third-order valence-corrected chi connectivity index (χ3v) is 5.08. The molecule has 1 amide bonds. The molecule has 1 aromatic heterocycles. The summed E-state index contributed by atoms with van der Waals surface area (Å²) >= 11 is 10.9. The number of benzene rings is 1. The van der Waals surface area contributed by atoms with Crippen LogP contribution in [0.1, 0.15) is 20.8 Å². The minimum absolute atomic E-state index is 0.00910. The number of carbonyl (C=O) groups is 1. The van der Waals surface area contributed by atoms with E-state index in [2.05, 4.69) is 28.9 Å². The second-order valence-electron chi connectivity index (χ2n) is 4.32. The molecule has 0 aliphatic heterocycles. The number of amides is 1. The van der Waals surface area contributed by atoms with Gasteiger partial charge in [0.25, 0.3) is 5.91 Å². The normalized spacial score (nSPS) is 10.5. The molecule has 5 heteroatoms. The molecule has 1 aromatic carbocycles. The van der Waals surface area contributed by atoms with E-state index in [9.17, 15) is 4.79 Å². The van der Waals surface area contributed by atoms with Crippen LogP contribution in [0.4, 0.5) is 0 Å². The van der Waals surface area contributed by atoms with Crippen LogP contribution in [0.15, 0.2) is 34.1 Å². The van der Waals surface area contributed by atoms with Gasteiger partial charge in [-0.1, -0.05) is 11.6 Å². The fourth-order valence-electron chi connectivity index (χ4n) is 1.70. The van der Waals surface area contributed by atoms with Crippen LogP contribution in [0.2, 0.25) is 5.02 Å². The molecule has 2 nitrogen and oxygen atoms in total. The lowest BCUT2D eigenvalue weighted by Gasteiger charge is -2.17. The van der Waals surface area contributed by atoms with Crippen LogP contribution < -0.4 is 0 Å². The fraction of sp³-hybridized carbons (Fsp3) is 0.214. The average Bonchev–Trinajstić information content (AvgIpc) is 2.77. The Bertz CT molecular complexity index is 611. The Morgan fingerprint density at radius 2 is 2.16 bits per heavy atom. The first-order valence-electron chi connectivity index (χ1n) is 5.72. The molecule has 1 heterocycles. The summed E-state index contributed by atoms with van der Waals surface area (Å²) < 4.78 is 0.737. The molecule has 19 heavy (non-hydrogen) atoms. The number of halogens is 2. The molecule has 0 saturated heterocycles. The highest BCUT2D eigenvalue weighted by Crippen LogP contribution is 2.24. The highest BCUT2D eigenvalue weighted by atomic mass is 79.9. The highest BCUT2D eigenvalue weighted by Gasteiger charge is 2.14. The van der Waals surface area contributed by atoms with Gasteiger partial charge in [0.2, 0.25) is 0 Å². The molecule has 0 aliphatic rings. The Labute approximate surface area is 130 Å². The molecule has 0 atom stereocenters. The second-order valence-corrected chi connectivity index (χ2v) is 6.58. The average molecular weight is 359 g/mol. The Kier molecular flexibility index (Phi) is 4.66. The molecule has 0 aliphatic carbocycles. The van der Waals surface area contributed by atoms with Crippen LogP contribution in [0.25, 0.3) is 0 Å². The maximum absolute atomic E-state index is 12.3. The van der Waals surface area contributed by atoms with Gasteiger partial charge in [0.1, 0.15) is 0 Å². The first-order chi connectivity index (χ1) is 8.99. The molecule has 0 unspecified atom stereocenters. The van der Waals surface area contributed by atoms with Gasteiger partial charge in [-0.2, -0.15) is 0 Å². The first kappa shape index (κ1) is 14.6. The molecular weight excluding hydrogens is 346 g/mol. The number of aryl methyl sites for hydroxylation is 1. The Hall–Kier alpha value is -0.840. The third-order valence-electron chi connectivity index (χ3n) is 2.86. The van der Waals surface area contributed by atoms with Crippen molar-refractivity contribution in [1.29, 1.82) is 0 Å². The quantitative estimate of drug-likeness (QED) is 0.775. The minimum atomic E-state index is -0.00910. The van der Waals surface area contributed by atoms with E-state index >= 15 is 0 Å². The van der Waals surface area contributed by atoms with Crippen molar-refractivity contribution < 1.29 is 4.79 Å². The summed E-state index contributed by atoms with van der Waals surface area (Å²) in [6.07, 6.45) is 0. The number of rotatable bonds is 3. The molecule has 0 fully saturated rings. The van der Waals surface area contributed by atoms with E-state index < -0.39 is 0 Å². The third kappa shape index (κ3) is 3.38. The van der Waals surface area contributed by atoms with Crippen molar-refractivity contribution >= 4 is 44.8 Å². The summed E-state index contributed by atoms with van der Waals surface area (Å²) in [6.45, 7) is 2.69. The van der Waals surface area contributed by atoms with Gasteiger partial charge >= 0.3 is 0 Å². The van der Waals surface area contributed by atoms with Crippen LogP contribution in [0.5, 0.6) is 0 Å². The second kappa shape index (κ2) is 6.07. The van der Waals surface area contributed by atoms with Crippen molar-refractivity contribution in [2.24, 2.45) is 0 Å². The summed E-state index contributed by atoms with van der Waals surface area (Å²) in [5.74, 6) is -0.00910. The van der Waals surface area contributed by atoms with Gasteiger partial charge in [0, 0.05) is 22.0 Å². The summed E-state index contributed by atoms with van der Waals surface area (Å²) in [5, 5.41) is 2.65. The monoisotopic (exact) mass is 357 g/mol. The van der Waals surface area contributed by atoms with Gasteiger partial charge in [0.15, 0.2) is 0 Å². The lowest BCUT2D eigenvalue weighted by Crippen LogP contribution is -2.26. The van der Waals surface area contributed by atoms with Crippen LogP contribution in [-0.2, 0) is 6.54 Å². The molecule has 2 aromatic rings. The summed E-state index contributed by atoms with van der Waals surface area (Å²) in [4.78, 5) is 15.2. The van der Waals surface area contributed by atoms with Crippen LogP contribution in [0.3, 0.4) is 0 Å². The van der Waals surface area contributed by atoms with Crippen LogP contribution >= 0.6 is 38.9 Å². The molecular formula is C14H13BrClNOS. The Balaban J connectivity index is 2.15. The van der Waals surface area contributed by atoms with Crippen molar-refractivity contribution in [2.75, 3.05) is 7.05 Å². The van der Waals surface area contributed by atoms with Gasteiger partial charge < -0.3 is 4.90 Å². The standard InChI is InChI=1S/C14H13BrClNOS/c1-9-5-6-19-13(9)8-17(2)14(18)10-3-4-12(16)11(15)7-10/h3-7H,8H2,1-2H3. The van der Waals surface area contributed by atoms with E-state index in [0.717, 1.165) is 4.47 Å². The predicted molar refractivity (Wildman–Crippen MR) is 84.0 cm³/mol.